The Labute approximate surface area is 146 Å². The zero-order valence-corrected chi connectivity index (χ0v) is 13.8. The molecule has 0 unspecified atom stereocenters. The molecule has 0 bridgehead atoms. The molecule has 2 aromatic rings. The van der Waals surface area contributed by atoms with Gasteiger partial charge >= 0.3 is 5.97 Å². The number of methoxy groups -OCH3 is 1. The predicted molar refractivity (Wildman–Crippen MR) is 94.9 cm³/mol. The Morgan fingerprint density at radius 1 is 1.20 bits per heavy atom. The zero-order valence-electron chi connectivity index (χ0n) is 13.8. The maximum absolute atomic E-state index is 11.4. The van der Waals surface area contributed by atoms with Crippen molar-refractivity contribution in [1.29, 1.82) is 0 Å². The Hall–Kier alpha value is -2.99. The van der Waals surface area contributed by atoms with Crippen molar-refractivity contribution in [1.82, 2.24) is 5.32 Å². The van der Waals surface area contributed by atoms with Crippen LogP contribution in [0.4, 0.5) is 0 Å². The summed E-state index contributed by atoms with van der Waals surface area (Å²) in [6.07, 6.45) is 3.93. The number of ether oxygens (including phenoxy) is 1. The summed E-state index contributed by atoms with van der Waals surface area (Å²) in [6.45, 7) is 0.373. The fourth-order valence-electron chi connectivity index (χ4n) is 2.32. The van der Waals surface area contributed by atoms with Crippen molar-refractivity contribution in [2.75, 3.05) is 13.7 Å². The lowest BCUT2D eigenvalue weighted by Gasteiger charge is -2.13. The molecule has 4 N–H and O–H groups in total. The second-order valence-corrected chi connectivity index (χ2v) is 5.50. The van der Waals surface area contributed by atoms with Gasteiger partial charge in [-0.2, -0.15) is 0 Å². The Kier molecular flexibility index (Phi) is 6.42. The molecule has 0 spiro atoms. The summed E-state index contributed by atoms with van der Waals surface area (Å²) < 4.78 is 5.04. The maximum atomic E-state index is 11.4. The first-order chi connectivity index (χ1) is 12.0. The standard InChI is InChI=1S/C19H21NO5/c1-25-18-12-13(6-9-17(18)22)3-2-10-20-16(19(23)24)11-14-4-7-15(21)8-5-14/h2-9,12,16,20-22H,10-11H2,1H3,(H,23,24)/b3-2+/t16-/m0/s1. The minimum Gasteiger partial charge on any atom is -0.508 e. The van der Waals surface area contributed by atoms with Crippen LogP contribution in [-0.2, 0) is 11.2 Å². The maximum Gasteiger partial charge on any atom is 0.321 e. The van der Waals surface area contributed by atoms with E-state index >= 15 is 0 Å². The van der Waals surface area contributed by atoms with Gasteiger partial charge in [-0.1, -0.05) is 30.4 Å². The minimum absolute atomic E-state index is 0.0672. The Morgan fingerprint density at radius 2 is 1.92 bits per heavy atom. The van der Waals surface area contributed by atoms with Gasteiger partial charge in [-0.15, -0.1) is 0 Å². The van der Waals surface area contributed by atoms with Crippen LogP contribution in [-0.4, -0.2) is 41.0 Å². The third-order valence-electron chi connectivity index (χ3n) is 3.67. The highest BCUT2D eigenvalue weighted by molar-refractivity contribution is 5.74. The van der Waals surface area contributed by atoms with Gasteiger partial charge in [-0.25, -0.2) is 0 Å². The van der Waals surface area contributed by atoms with Crippen LogP contribution < -0.4 is 10.1 Å². The number of hydrogen-bond acceptors (Lipinski definition) is 5. The van der Waals surface area contributed by atoms with E-state index in [0.717, 1.165) is 11.1 Å². The van der Waals surface area contributed by atoms with Crippen LogP contribution in [0, 0.1) is 0 Å². The number of benzene rings is 2. The molecule has 0 heterocycles. The summed E-state index contributed by atoms with van der Waals surface area (Å²) in [5, 5.41) is 31.1. The van der Waals surface area contributed by atoms with Crippen molar-refractivity contribution in [3.05, 3.63) is 59.7 Å². The number of phenols is 2. The Balaban J connectivity index is 1.92. The van der Waals surface area contributed by atoms with Gasteiger partial charge in [0.15, 0.2) is 11.5 Å². The second-order valence-electron chi connectivity index (χ2n) is 5.50. The molecule has 132 valence electrons. The van der Waals surface area contributed by atoms with Crippen LogP contribution in [0.3, 0.4) is 0 Å². The van der Waals surface area contributed by atoms with Crippen molar-refractivity contribution in [3.63, 3.8) is 0 Å². The average molecular weight is 343 g/mol. The van der Waals surface area contributed by atoms with E-state index < -0.39 is 12.0 Å². The summed E-state index contributed by atoms with van der Waals surface area (Å²) in [5.41, 5.74) is 1.66. The van der Waals surface area contributed by atoms with Crippen molar-refractivity contribution in [2.45, 2.75) is 12.5 Å². The monoisotopic (exact) mass is 343 g/mol. The molecular weight excluding hydrogens is 322 g/mol. The molecule has 25 heavy (non-hydrogen) atoms. The van der Waals surface area contributed by atoms with Gasteiger partial charge in [-0.05, 0) is 41.8 Å². The molecule has 0 fully saturated rings. The fraction of sp³-hybridized carbons (Fsp3) is 0.211. The van der Waals surface area contributed by atoms with Crippen molar-refractivity contribution in [2.24, 2.45) is 0 Å². The van der Waals surface area contributed by atoms with Gasteiger partial charge in [0.2, 0.25) is 0 Å². The lowest BCUT2D eigenvalue weighted by molar-refractivity contribution is -0.139. The molecule has 2 aromatic carbocycles. The highest BCUT2D eigenvalue weighted by Crippen LogP contribution is 2.26. The molecular formula is C19H21NO5. The SMILES string of the molecule is COc1cc(/C=C/CN[C@@H](Cc2ccc(O)cc2)C(=O)O)ccc1O. The molecule has 0 aliphatic heterocycles. The van der Waals surface area contributed by atoms with E-state index in [4.69, 9.17) is 4.74 Å². The van der Waals surface area contributed by atoms with Crippen molar-refractivity contribution < 1.29 is 24.9 Å². The molecule has 2 rings (SSSR count). The number of carbonyl (C=O) groups is 1. The topological polar surface area (TPSA) is 99.0 Å². The fourth-order valence-corrected chi connectivity index (χ4v) is 2.32. The number of aliphatic carboxylic acids is 1. The molecule has 0 saturated heterocycles. The summed E-state index contributed by atoms with van der Waals surface area (Å²) in [6, 6.07) is 10.7. The lowest BCUT2D eigenvalue weighted by Crippen LogP contribution is -2.38. The number of nitrogens with one attached hydrogen (secondary N) is 1. The average Bonchev–Trinajstić information content (AvgIpc) is 2.60. The summed E-state index contributed by atoms with van der Waals surface area (Å²) in [4.78, 5) is 11.4. The normalized spacial score (nSPS) is 12.2. The van der Waals surface area contributed by atoms with E-state index in [-0.39, 0.29) is 11.5 Å². The molecule has 0 aliphatic carbocycles. The predicted octanol–water partition coefficient (Wildman–Crippen LogP) is 2.41. The first kappa shape index (κ1) is 18.4. The van der Waals surface area contributed by atoms with E-state index in [1.165, 1.54) is 25.3 Å². The Bertz CT molecular complexity index is 740. The van der Waals surface area contributed by atoms with Crippen LogP contribution in [0.2, 0.25) is 0 Å². The second kappa shape index (κ2) is 8.75. The minimum atomic E-state index is -0.937. The van der Waals surface area contributed by atoms with Crippen molar-refractivity contribution in [3.8, 4) is 17.2 Å². The third-order valence-corrected chi connectivity index (χ3v) is 3.67. The highest BCUT2D eigenvalue weighted by atomic mass is 16.5. The zero-order chi connectivity index (χ0) is 18.2. The quantitative estimate of drug-likeness (QED) is 0.587. The third kappa shape index (κ3) is 5.54. The lowest BCUT2D eigenvalue weighted by atomic mass is 10.1. The number of phenolic OH excluding ortho intramolecular Hbond substituents is 2. The number of carboxylic acids is 1. The van der Waals surface area contributed by atoms with Gasteiger partial charge < -0.3 is 25.4 Å². The molecule has 0 aliphatic rings. The number of rotatable bonds is 8. The molecule has 0 amide bonds. The van der Waals surface area contributed by atoms with Crippen LogP contribution in [0.15, 0.2) is 48.5 Å². The van der Waals surface area contributed by atoms with Crippen LogP contribution in [0.1, 0.15) is 11.1 Å². The molecule has 0 saturated carbocycles. The van der Waals surface area contributed by atoms with Crippen molar-refractivity contribution >= 4 is 12.0 Å². The summed E-state index contributed by atoms with van der Waals surface area (Å²) in [5.74, 6) is -0.341. The summed E-state index contributed by atoms with van der Waals surface area (Å²) in [7, 11) is 1.48. The van der Waals surface area contributed by atoms with Gasteiger partial charge in [0.1, 0.15) is 11.8 Å². The van der Waals surface area contributed by atoms with Crippen LogP contribution in [0.25, 0.3) is 6.08 Å². The molecule has 0 radical (unpaired) electrons. The number of aromatic hydroxyl groups is 2. The van der Waals surface area contributed by atoms with E-state index in [1.807, 2.05) is 6.08 Å². The van der Waals surface area contributed by atoms with E-state index in [0.29, 0.717) is 18.7 Å². The largest absolute Gasteiger partial charge is 0.508 e. The molecule has 0 aromatic heterocycles. The van der Waals surface area contributed by atoms with Gasteiger partial charge in [0, 0.05) is 6.54 Å². The molecule has 1 atom stereocenters. The first-order valence-electron chi connectivity index (χ1n) is 7.77. The van der Waals surface area contributed by atoms with E-state index in [2.05, 4.69) is 5.32 Å². The van der Waals surface area contributed by atoms with Crippen LogP contribution >= 0.6 is 0 Å². The molecule has 6 heteroatoms. The number of carboxylic acid groups (broad SMARTS) is 1. The van der Waals surface area contributed by atoms with Gasteiger partial charge in [0.25, 0.3) is 0 Å². The molecule has 6 nitrogen and oxygen atoms in total. The van der Waals surface area contributed by atoms with E-state index in [1.54, 1.807) is 30.3 Å². The Morgan fingerprint density at radius 3 is 2.56 bits per heavy atom. The number of hydrogen-bond donors (Lipinski definition) is 4. The van der Waals surface area contributed by atoms with Gasteiger partial charge in [-0.3, -0.25) is 4.79 Å². The highest BCUT2D eigenvalue weighted by Gasteiger charge is 2.16. The smallest absolute Gasteiger partial charge is 0.321 e. The first-order valence-corrected chi connectivity index (χ1v) is 7.77. The van der Waals surface area contributed by atoms with Crippen LogP contribution in [0.5, 0.6) is 17.2 Å². The van der Waals surface area contributed by atoms with E-state index in [9.17, 15) is 20.1 Å². The summed E-state index contributed by atoms with van der Waals surface area (Å²) >= 11 is 0. The van der Waals surface area contributed by atoms with Gasteiger partial charge in [0.05, 0.1) is 7.11 Å².